The van der Waals surface area contributed by atoms with E-state index < -0.39 is 0 Å². The van der Waals surface area contributed by atoms with Crippen molar-refractivity contribution < 1.29 is 14.0 Å². The molecule has 1 aliphatic heterocycles. The first-order chi connectivity index (χ1) is 12.2. The molecule has 5 rings (SSSR count). The molecular weight excluding hydrogens is 312 g/mol. The highest BCUT2D eigenvalue weighted by atomic mass is 16.2. The predicted octanol–water partition coefficient (Wildman–Crippen LogP) is 3.38. The lowest BCUT2D eigenvalue weighted by Crippen LogP contribution is -2.29. The van der Waals surface area contributed by atoms with Crippen molar-refractivity contribution in [2.45, 2.75) is 0 Å². The van der Waals surface area contributed by atoms with Crippen molar-refractivity contribution in [1.29, 1.82) is 0 Å². The van der Waals surface area contributed by atoms with Gasteiger partial charge in [-0.1, -0.05) is 18.2 Å². The van der Waals surface area contributed by atoms with Gasteiger partial charge in [0.25, 0.3) is 11.8 Å². The van der Waals surface area contributed by atoms with Crippen LogP contribution in [0.3, 0.4) is 0 Å². The van der Waals surface area contributed by atoms with Gasteiger partial charge in [-0.25, -0.2) is 4.90 Å². The minimum Gasteiger partial charge on any atom is -0.268 e. The van der Waals surface area contributed by atoms with E-state index >= 15 is 0 Å². The fourth-order valence-corrected chi connectivity index (χ4v) is 3.39. The molecule has 0 saturated carbocycles. The Morgan fingerprint density at radius 3 is 2.20 bits per heavy atom. The zero-order valence-corrected chi connectivity index (χ0v) is 13.2. The molecule has 4 nitrogen and oxygen atoms in total. The molecule has 2 aromatic carbocycles. The number of aromatic nitrogens is 1. The summed E-state index contributed by atoms with van der Waals surface area (Å²) in [5.41, 5.74) is 2.60. The summed E-state index contributed by atoms with van der Waals surface area (Å²) in [7, 11) is 0. The molecule has 0 aliphatic carbocycles. The molecule has 25 heavy (non-hydrogen) atoms. The molecular formula is C21H13N2O2+. The summed E-state index contributed by atoms with van der Waals surface area (Å²) in [6, 6.07) is 20.7. The number of carbonyl (C=O) groups is 2. The van der Waals surface area contributed by atoms with E-state index in [0.29, 0.717) is 16.8 Å². The van der Waals surface area contributed by atoms with Crippen LogP contribution in [0.2, 0.25) is 0 Å². The molecule has 4 heteroatoms. The van der Waals surface area contributed by atoms with Gasteiger partial charge < -0.3 is 0 Å². The monoisotopic (exact) mass is 325 g/mol. The number of fused-ring (bicyclic) bond motifs is 3. The van der Waals surface area contributed by atoms with Crippen molar-refractivity contribution in [3.63, 3.8) is 0 Å². The first-order valence-electron chi connectivity index (χ1n) is 8.04. The van der Waals surface area contributed by atoms with Crippen molar-refractivity contribution in [3.8, 4) is 0 Å². The van der Waals surface area contributed by atoms with Gasteiger partial charge in [-0.15, -0.1) is 0 Å². The van der Waals surface area contributed by atoms with E-state index in [-0.39, 0.29) is 11.8 Å². The third-order valence-electron chi connectivity index (χ3n) is 4.63. The second-order valence-electron chi connectivity index (χ2n) is 6.11. The summed E-state index contributed by atoms with van der Waals surface area (Å²) in [5, 5.41) is 2.03. The second-order valence-corrected chi connectivity index (χ2v) is 6.11. The highest BCUT2D eigenvalue weighted by Gasteiger charge is 2.36. The fraction of sp³-hybridized carbons (Fsp3) is 0. The Morgan fingerprint density at radius 1 is 0.720 bits per heavy atom. The number of imide groups is 1. The Morgan fingerprint density at radius 2 is 1.44 bits per heavy atom. The molecule has 118 valence electrons. The van der Waals surface area contributed by atoms with Crippen LogP contribution in [0.15, 0.2) is 79.1 Å². The van der Waals surface area contributed by atoms with E-state index in [4.69, 9.17) is 0 Å². The van der Waals surface area contributed by atoms with Crippen LogP contribution in [0.25, 0.3) is 16.3 Å². The zero-order chi connectivity index (χ0) is 17.0. The second kappa shape index (κ2) is 4.98. The van der Waals surface area contributed by atoms with E-state index in [1.165, 1.54) is 4.90 Å². The fourth-order valence-electron chi connectivity index (χ4n) is 3.39. The first-order valence-corrected chi connectivity index (χ1v) is 8.04. The van der Waals surface area contributed by atoms with Gasteiger partial charge in [0.05, 0.1) is 16.8 Å². The van der Waals surface area contributed by atoms with Crippen LogP contribution >= 0.6 is 0 Å². The molecule has 2 amide bonds. The van der Waals surface area contributed by atoms with Crippen molar-refractivity contribution in [2.24, 2.45) is 0 Å². The van der Waals surface area contributed by atoms with Gasteiger partial charge in [-0.05, 0) is 35.7 Å². The number of hydrogen-bond donors (Lipinski definition) is 0. The van der Waals surface area contributed by atoms with E-state index in [0.717, 1.165) is 16.3 Å². The van der Waals surface area contributed by atoms with Crippen molar-refractivity contribution in [1.82, 2.24) is 0 Å². The molecule has 2 aromatic heterocycles. The summed E-state index contributed by atoms with van der Waals surface area (Å²) >= 11 is 0. The number of carbonyl (C=O) groups excluding carboxylic acids is 2. The van der Waals surface area contributed by atoms with E-state index in [2.05, 4.69) is 6.07 Å². The SMILES string of the molecule is O=C1c2ccccc2C(=O)N1c1ccc2cc3cccc[n+]3cc2c1. The molecule has 4 aromatic rings. The van der Waals surface area contributed by atoms with Crippen LogP contribution in [0.5, 0.6) is 0 Å². The quantitative estimate of drug-likeness (QED) is 0.306. The van der Waals surface area contributed by atoms with Crippen molar-refractivity contribution >= 4 is 33.8 Å². The molecule has 0 N–H and O–H groups in total. The van der Waals surface area contributed by atoms with Gasteiger partial charge >= 0.3 is 0 Å². The lowest BCUT2D eigenvalue weighted by atomic mass is 10.1. The summed E-state index contributed by atoms with van der Waals surface area (Å²) in [5.74, 6) is -0.540. The number of anilines is 1. The topological polar surface area (TPSA) is 41.5 Å². The number of nitrogens with zero attached hydrogens (tertiary/aromatic N) is 2. The first kappa shape index (κ1) is 13.9. The lowest BCUT2D eigenvalue weighted by molar-refractivity contribution is -0.510. The average Bonchev–Trinajstić information content (AvgIpc) is 2.91. The smallest absolute Gasteiger partial charge is 0.266 e. The van der Waals surface area contributed by atoms with Gasteiger partial charge in [0.1, 0.15) is 0 Å². The van der Waals surface area contributed by atoms with Gasteiger partial charge in [-0.2, -0.15) is 4.40 Å². The molecule has 0 unspecified atom stereocenters. The molecule has 1 aliphatic rings. The van der Waals surface area contributed by atoms with Gasteiger partial charge in [-0.3, -0.25) is 9.59 Å². The molecule has 0 radical (unpaired) electrons. The lowest BCUT2D eigenvalue weighted by Gasteiger charge is -2.14. The molecule has 0 atom stereocenters. The number of amides is 2. The summed E-state index contributed by atoms with van der Waals surface area (Å²) in [6.45, 7) is 0. The van der Waals surface area contributed by atoms with Crippen LogP contribution in [-0.2, 0) is 0 Å². The van der Waals surface area contributed by atoms with Crippen molar-refractivity contribution in [2.75, 3.05) is 4.90 Å². The maximum Gasteiger partial charge on any atom is 0.266 e. The predicted molar refractivity (Wildman–Crippen MR) is 94.7 cm³/mol. The average molecular weight is 325 g/mol. The number of rotatable bonds is 1. The molecule has 0 saturated heterocycles. The molecule has 0 fully saturated rings. The Balaban J connectivity index is 1.68. The zero-order valence-electron chi connectivity index (χ0n) is 13.2. The minimum atomic E-state index is -0.270. The van der Waals surface area contributed by atoms with Gasteiger partial charge in [0, 0.05) is 23.6 Å². The van der Waals surface area contributed by atoms with Crippen LogP contribution in [0.1, 0.15) is 20.7 Å². The van der Waals surface area contributed by atoms with Gasteiger partial charge in [0.15, 0.2) is 12.4 Å². The van der Waals surface area contributed by atoms with Crippen LogP contribution < -0.4 is 9.30 Å². The van der Waals surface area contributed by atoms with Gasteiger partial charge in [0.2, 0.25) is 5.52 Å². The Labute approximate surface area is 143 Å². The van der Waals surface area contributed by atoms with Crippen LogP contribution in [0.4, 0.5) is 5.69 Å². The summed E-state index contributed by atoms with van der Waals surface area (Å²) in [4.78, 5) is 26.6. The third kappa shape index (κ3) is 1.97. The van der Waals surface area contributed by atoms with Crippen LogP contribution in [0, 0.1) is 0 Å². The maximum absolute atomic E-state index is 12.7. The summed E-state index contributed by atoms with van der Waals surface area (Å²) < 4.78 is 2.02. The van der Waals surface area contributed by atoms with Crippen molar-refractivity contribution in [3.05, 3.63) is 90.3 Å². The normalized spacial score (nSPS) is 13.7. The number of pyridine rings is 2. The molecule has 0 spiro atoms. The third-order valence-corrected chi connectivity index (χ3v) is 4.63. The highest BCUT2D eigenvalue weighted by Crippen LogP contribution is 2.30. The van der Waals surface area contributed by atoms with E-state index in [1.807, 2.05) is 53.2 Å². The number of hydrogen-bond acceptors (Lipinski definition) is 2. The maximum atomic E-state index is 12.7. The Hall–Kier alpha value is -3.53. The number of benzene rings is 2. The minimum absolute atomic E-state index is 0.270. The highest BCUT2D eigenvalue weighted by molar-refractivity contribution is 6.34. The van der Waals surface area contributed by atoms with Crippen LogP contribution in [-0.4, -0.2) is 11.8 Å². The van der Waals surface area contributed by atoms with E-state index in [1.54, 1.807) is 24.3 Å². The standard InChI is InChI=1S/C21H13N2O2/c24-20-18-6-1-2-7-19(18)21(25)23(20)17-9-8-14-11-16-5-3-4-10-22(16)13-15(14)12-17/h1-13H/q+1. The Bertz CT molecular complexity index is 1160. The largest absolute Gasteiger partial charge is 0.268 e. The molecule has 3 heterocycles. The Kier molecular flexibility index (Phi) is 2.76. The van der Waals surface area contributed by atoms with E-state index in [9.17, 15) is 9.59 Å². The molecule has 0 bridgehead atoms. The summed E-state index contributed by atoms with van der Waals surface area (Å²) in [6.07, 6.45) is 3.98.